The molecule has 0 aliphatic heterocycles. The predicted octanol–water partition coefficient (Wildman–Crippen LogP) is 4.17. The van der Waals surface area contributed by atoms with Crippen molar-refractivity contribution in [3.05, 3.63) is 65.7 Å². The summed E-state index contributed by atoms with van der Waals surface area (Å²) in [5, 5.41) is 0. The smallest absolute Gasteiger partial charge is 0.419 e. The standard InChI is InChI=1S/C16H16F3NO/c1-11(20)15(12-7-3-2-4-8-12)21-14-10-6-5-9-13(14)16(17,18)19/h2-11,15H,20H2,1H3. The summed E-state index contributed by atoms with van der Waals surface area (Å²) in [5.41, 5.74) is 5.81. The van der Waals surface area contributed by atoms with Gasteiger partial charge in [-0.2, -0.15) is 13.2 Å². The van der Waals surface area contributed by atoms with E-state index in [9.17, 15) is 13.2 Å². The minimum atomic E-state index is -4.46. The van der Waals surface area contributed by atoms with Crippen molar-refractivity contribution in [1.29, 1.82) is 0 Å². The monoisotopic (exact) mass is 295 g/mol. The van der Waals surface area contributed by atoms with Gasteiger partial charge in [-0.05, 0) is 24.6 Å². The van der Waals surface area contributed by atoms with Crippen molar-refractivity contribution in [3.8, 4) is 5.75 Å². The van der Waals surface area contributed by atoms with E-state index in [0.29, 0.717) is 0 Å². The first-order valence-corrected chi connectivity index (χ1v) is 6.53. The van der Waals surface area contributed by atoms with Crippen LogP contribution in [0.5, 0.6) is 5.75 Å². The normalized spacial score (nSPS) is 14.5. The SMILES string of the molecule is CC(N)C(Oc1ccccc1C(F)(F)F)c1ccccc1. The van der Waals surface area contributed by atoms with Crippen molar-refractivity contribution < 1.29 is 17.9 Å². The molecule has 2 unspecified atom stereocenters. The van der Waals surface area contributed by atoms with Crippen LogP contribution >= 0.6 is 0 Å². The Morgan fingerprint density at radius 3 is 2.10 bits per heavy atom. The van der Waals surface area contributed by atoms with Gasteiger partial charge in [-0.25, -0.2) is 0 Å². The van der Waals surface area contributed by atoms with Gasteiger partial charge in [0.2, 0.25) is 0 Å². The number of nitrogens with two attached hydrogens (primary N) is 1. The molecule has 0 spiro atoms. The van der Waals surface area contributed by atoms with Gasteiger partial charge in [0, 0.05) is 6.04 Å². The highest BCUT2D eigenvalue weighted by Gasteiger charge is 2.35. The fraction of sp³-hybridized carbons (Fsp3) is 0.250. The van der Waals surface area contributed by atoms with Gasteiger partial charge in [0.25, 0.3) is 0 Å². The molecule has 2 aromatic carbocycles. The number of benzene rings is 2. The molecule has 0 aromatic heterocycles. The van der Waals surface area contributed by atoms with Gasteiger partial charge in [-0.15, -0.1) is 0 Å². The van der Waals surface area contributed by atoms with E-state index < -0.39 is 23.9 Å². The van der Waals surface area contributed by atoms with E-state index in [1.165, 1.54) is 18.2 Å². The second-order valence-electron chi connectivity index (χ2n) is 4.80. The van der Waals surface area contributed by atoms with E-state index in [0.717, 1.165) is 11.6 Å². The van der Waals surface area contributed by atoms with Crippen molar-refractivity contribution in [2.75, 3.05) is 0 Å². The minimum absolute atomic E-state index is 0.212. The summed E-state index contributed by atoms with van der Waals surface area (Å²) < 4.78 is 44.5. The Labute approximate surface area is 121 Å². The van der Waals surface area contributed by atoms with E-state index in [1.54, 1.807) is 31.2 Å². The van der Waals surface area contributed by atoms with Crippen LogP contribution in [0.1, 0.15) is 24.2 Å². The van der Waals surface area contributed by atoms with Crippen molar-refractivity contribution >= 4 is 0 Å². The fourth-order valence-electron chi connectivity index (χ4n) is 2.06. The number of halogens is 3. The van der Waals surface area contributed by atoms with Crippen molar-refractivity contribution in [3.63, 3.8) is 0 Å². The zero-order valence-corrected chi connectivity index (χ0v) is 11.5. The molecule has 0 aliphatic rings. The molecule has 2 nitrogen and oxygen atoms in total. The predicted molar refractivity (Wildman–Crippen MR) is 74.9 cm³/mol. The Hall–Kier alpha value is -2.01. The molecule has 5 heteroatoms. The molecule has 0 saturated carbocycles. The van der Waals surface area contributed by atoms with E-state index in [2.05, 4.69) is 0 Å². The lowest BCUT2D eigenvalue weighted by molar-refractivity contribution is -0.139. The number of hydrogen-bond acceptors (Lipinski definition) is 2. The third-order valence-electron chi connectivity index (χ3n) is 3.05. The summed E-state index contributed by atoms with van der Waals surface area (Å²) in [6.07, 6.45) is -5.11. The lowest BCUT2D eigenvalue weighted by Crippen LogP contribution is -2.29. The maximum atomic E-state index is 13.0. The van der Waals surface area contributed by atoms with Gasteiger partial charge in [0.05, 0.1) is 5.56 Å². The first-order chi connectivity index (χ1) is 9.89. The van der Waals surface area contributed by atoms with Crippen LogP contribution in [0.4, 0.5) is 13.2 Å². The molecule has 0 radical (unpaired) electrons. The van der Waals surface area contributed by atoms with Crippen LogP contribution in [-0.2, 0) is 6.18 Å². The second kappa shape index (κ2) is 6.18. The molecule has 0 amide bonds. The van der Waals surface area contributed by atoms with Crippen molar-refractivity contribution in [2.45, 2.75) is 25.2 Å². The first kappa shape index (κ1) is 15.4. The van der Waals surface area contributed by atoms with Crippen molar-refractivity contribution in [2.24, 2.45) is 5.73 Å². The summed E-state index contributed by atoms with van der Waals surface area (Å²) >= 11 is 0. The summed E-state index contributed by atoms with van der Waals surface area (Å²) in [6, 6.07) is 13.7. The van der Waals surface area contributed by atoms with E-state index in [-0.39, 0.29) is 5.75 Å². The van der Waals surface area contributed by atoms with E-state index in [1.807, 2.05) is 6.07 Å². The highest BCUT2D eigenvalue weighted by atomic mass is 19.4. The average Bonchev–Trinajstić information content (AvgIpc) is 2.44. The van der Waals surface area contributed by atoms with Crippen LogP contribution in [0.25, 0.3) is 0 Å². The quantitative estimate of drug-likeness (QED) is 0.918. The van der Waals surface area contributed by atoms with E-state index >= 15 is 0 Å². The maximum Gasteiger partial charge on any atom is 0.419 e. The Kier molecular flexibility index (Phi) is 4.53. The highest BCUT2D eigenvalue weighted by molar-refractivity contribution is 5.36. The highest BCUT2D eigenvalue weighted by Crippen LogP contribution is 2.38. The fourth-order valence-corrected chi connectivity index (χ4v) is 2.06. The molecule has 2 aromatic rings. The van der Waals surface area contributed by atoms with Gasteiger partial charge in [0.15, 0.2) is 0 Å². The number of hydrogen-bond donors (Lipinski definition) is 1. The molecule has 21 heavy (non-hydrogen) atoms. The molecule has 0 bridgehead atoms. The topological polar surface area (TPSA) is 35.2 Å². The van der Waals surface area contributed by atoms with E-state index in [4.69, 9.17) is 10.5 Å². The van der Waals surface area contributed by atoms with Crippen LogP contribution in [0.2, 0.25) is 0 Å². The maximum absolute atomic E-state index is 13.0. The Bertz CT molecular complexity index is 582. The van der Waals surface area contributed by atoms with Crippen LogP contribution in [0, 0.1) is 0 Å². The molecular weight excluding hydrogens is 279 g/mol. The van der Waals surface area contributed by atoms with Gasteiger partial charge >= 0.3 is 6.18 Å². The molecule has 112 valence electrons. The first-order valence-electron chi connectivity index (χ1n) is 6.53. The molecule has 2 N–H and O–H groups in total. The number of alkyl halides is 3. The third-order valence-corrected chi connectivity index (χ3v) is 3.05. The Balaban J connectivity index is 2.35. The van der Waals surface area contributed by atoms with Crippen LogP contribution in [0.15, 0.2) is 54.6 Å². The lowest BCUT2D eigenvalue weighted by atomic mass is 10.0. The van der Waals surface area contributed by atoms with Crippen LogP contribution in [-0.4, -0.2) is 6.04 Å². The molecule has 2 atom stereocenters. The van der Waals surface area contributed by atoms with Gasteiger partial charge in [0.1, 0.15) is 11.9 Å². The van der Waals surface area contributed by atoms with Gasteiger partial charge in [-0.3, -0.25) is 0 Å². The molecule has 0 heterocycles. The zero-order valence-electron chi connectivity index (χ0n) is 11.5. The lowest BCUT2D eigenvalue weighted by Gasteiger charge is -2.24. The summed E-state index contributed by atoms with van der Waals surface area (Å²) in [7, 11) is 0. The van der Waals surface area contributed by atoms with Crippen LogP contribution in [0.3, 0.4) is 0 Å². The number of ether oxygens (including phenoxy) is 1. The summed E-state index contributed by atoms with van der Waals surface area (Å²) in [4.78, 5) is 0. The average molecular weight is 295 g/mol. The van der Waals surface area contributed by atoms with Gasteiger partial charge < -0.3 is 10.5 Å². The summed E-state index contributed by atoms with van der Waals surface area (Å²) in [6.45, 7) is 1.70. The largest absolute Gasteiger partial charge is 0.483 e. The zero-order chi connectivity index (χ0) is 15.5. The Morgan fingerprint density at radius 2 is 1.52 bits per heavy atom. The molecular formula is C16H16F3NO. The summed E-state index contributed by atoms with van der Waals surface area (Å²) in [5.74, 6) is -0.212. The second-order valence-corrected chi connectivity index (χ2v) is 4.80. The van der Waals surface area contributed by atoms with Crippen molar-refractivity contribution in [1.82, 2.24) is 0 Å². The molecule has 0 fully saturated rings. The number of para-hydroxylation sites is 1. The van der Waals surface area contributed by atoms with Gasteiger partial charge in [-0.1, -0.05) is 42.5 Å². The minimum Gasteiger partial charge on any atom is -0.483 e. The van der Waals surface area contributed by atoms with Crippen LogP contribution < -0.4 is 10.5 Å². The molecule has 0 saturated heterocycles. The molecule has 2 rings (SSSR count). The number of rotatable bonds is 4. The third kappa shape index (κ3) is 3.76. The Morgan fingerprint density at radius 1 is 0.952 bits per heavy atom. The molecule has 0 aliphatic carbocycles.